The lowest BCUT2D eigenvalue weighted by Crippen LogP contribution is -2.66. The number of hydrogen-bond donors (Lipinski definition) is 1. The molecule has 2 aromatic carbocycles. The molecule has 1 N–H and O–H groups in total. The third-order valence-electron chi connectivity index (χ3n) is 6.60. The monoisotopic (exact) mass is 504 g/mol. The highest BCUT2D eigenvalue weighted by molar-refractivity contribution is 6.99. The minimum atomic E-state index is -2.65. The third kappa shape index (κ3) is 5.92. The Morgan fingerprint density at radius 1 is 1.03 bits per heavy atom. The number of pyridine rings is 1. The van der Waals surface area contributed by atoms with Gasteiger partial charge in [0.2, 0.25) is 0 Å². The number of carbonyl (C=O) groups excluding carboxylic acids is 1. The quantitative estimate of drug-likeness (QED) is 0.356. The number of carbonyl (C=O) groups is 1. The van der Waals surface area contributed by atoms with Crippen molar-refractivity contribution in [3.8, 4) is 0 Å². The Bertz CT molecular complexity index is 1070. The summed E-state index contributed by atoms with van der Waals surface area (Å²) in [6, 6.07) is 24.7. The predicted octanol–water partition coefficient (Wildman–Crippen LogP) is 3.35. The number of nitrogens with one attached hydrogen (secondary N) is 1. The maximum Gasteiger partial charge on any atom is 0.340 e. The zero-order chi connectivity index (χ0) is 25.4. The number of aromatic nitrogens is 1. The third-order valence-corrected chi connectivity index (χ3v) is 11.6. The predicted molar refractivity (Wildman–Crippen MR) is 144 cm³/mol. The van der Waals surface area contributed by atoms with Crippen molar-refractivity contribution >= 4 is 24.7 Å². The van der Waals surface area contributed by atoms with Crippen molar-refractivity contribution in [3.63, 3.8) is 0 Å². The smallest absolute Gasteiger partial charge is 0.340 e. The highest BCUT2D eigenvalue weighted by Crippen LogP contribution is 2.36. The van der Waals surface area contributed by atoms with Crippen LogP contribution in [0.25, 0.3) is 0 Å². The van der Waals surface area contributed by atoms with Gasteiger partial charge in [0.1, 0.15) is 6.61 Å². The van der Waals surface area contributed by atoms with Crippen LogP contribution in [-0.4, -0.2) is 58.3 Å². The fraction of sp³-hybridized carbons (Fsp3) is 0.379. The molecule has 3 aromatic rings. The summed E-state index contributed by atoms with van der Waals surface area (Å²) in [5.41, 5.74) is 1.17. The van der Waals surface area contributed by atoms with Crippen LogP contribution >= 0.6 is 0 Å². The second-order valence-corrected chi connectivity index (χ2v) is 14.4. The van der Waals surface area contributed by atoms with E-state index in [0.29, 0.717) is 37.5 Å². The fourth-order valence-electron chi connectivity index (χ4n) is 4.87. The Labute approximate surface area is 215 Å². The molecular formula is C29H36N2O4Si. The van der Waals surface area contributed by atoms with Crippen LogP contribution in [0.15, 0.2) is 79.0 Å². The van der Waals surface area contributed by atoms with E-state index in [1.807, 2.05) is 12.1 Å². The fourth-order valence-corrected chi connectivity index (χ4v) is 9.43. The first kappa shape index (κ1) is 26.2. The zero-order valence-corrected chi connectivity index (χ0v) is 22.4. The van der Waals surface area contributed by atoms with E-state index in [4.69, 9.17) is 13.9 Å². The van der Waals surface area contributed by atoms with Crippen LogP contribution in [0.5, 0.6) is 0 Å². The molecule has 6 nitrogen and oxygen atoms in total. The normalized spacial score (nSPS) is 16.5. The summed E-state index contributed by atoms with van der Waals surface area (Å²) in [6.07, 6.45) is 2.23. The second-order valence-electron chi connectivity index (χ2n) is 10.1. The molecule has 1 saturated heterocycles. The number of nitrogens with zero attached hydrogens (tertiary/aromatic N) is 1. The molecule has 7 heteroatoms. The van der Waals surface area contributed by atoms with Crippen molar-refractivity contribution < 1.29 is 18.7 Å². The van der Waals surface area contributed by atoms with Gasteiger partial charge < -0.3 is 19.2 Å². The van der Waals surface area contributed by atoms with Gasteiger partial charge in [-0.05, 0) is 27.5 Å². The standard InChI is InChI=1S/C29H36N2O4Si/c1-29(2,3)36(24-11-6-4-7-12-24,25-13-8-5-9-14-25)35-19-16-27-26(15-10-17-31-27)28(32)34-22-23-21-33-20-18-30-23/h4-15,17,23,30H,16,18-22H2,1-3H3/t23-/m1/s1. The van der Waals surface area contributed by atoms with E-state index in [2.05, 4.69) is 79.6 Å². The molecule has 0 radical (unpaired) electrons. The van der Waals surface area contributed by atoms with Crippen LogP contribution in [0.2, 0.25) is 5.04 Å². The van der Waals surface area contributed by atoms with Crippen molar-refractivity contribution in [2.75, 3.05) is 33.0 Å². The van der Waals surface area contributed by atoms with Gasteiger partial charge in [-0.3, -0.25) is 4.98 Å². The Kier molecular flexibility index (Phi) is 8.69. The van der Waals surface area contributed by atoms with E-state index in [-0.39, 0.29) is 23.7 Å². The van der Waals surface area contributed by atoms with E-state index >= 15 is 0 Å². The molecule has 1 aliphatic rings. The molecule has 0 bridgehead atoms. The molecule has 1 atom stereocenters. The van der Waals surface area contributed by atoms with Crippen LogP contribution in [-0.2, 0) is 20.3 Å². The highest BCUT2D eigenvalue weighted by Gasteiger charge is 2.50. The molecule has 0 spiro atoms. The summed E-state index contributed by atoms with van der Waals surface area (Å²) >= 11 is 0. The lowest BCUT2D eigenvalue weighted by molar-refractivity contribution is 0.0241. The van der Waals surface area contributed by atoms with Gasteiger partial charge in [-0.2, -0.15) is 0 Å². The summed E-state index contributed by atoms with van der Waals surface area (Å²) < 4.78 is 18.0. The number of esters is 1. The van der Waals surface area contributed by atoms with Gasteiger partial charge in [0, 0.05) is 25.8 Å². The molecular weight excluding hydrogens is 468 g/mol. The van der Waals surface area contributed by atoms with Crippen LogP contribution in [0, 0.1) is 0 Å². The molecule has 0 unspecified atom stereocenters. The van der Waals surface area contributed by atoms with E-state index in [1.54, 1.807) is 18.3 Å². The molecule has 4 rings (SSSR count). The van der Waals surface area contributed by atoms with Gasteiger partial charge >= 0.3 is 5.97 Å². The van der Waals surface area contributed by atoms with Gasteiger partial charge in [0.15, 0.2) is 0 Å². The van der Waals surface area contributed by atoms with Crippen molar-refractivity contribution in [1.29, 1.82) is 0 Å². The van der Waals surface area contributed by atoms with Gasteiger partial charge in [0.25, 0.3) is 8.32 Å². The Morgan fingerprint density at radius 3 is 2.28 bits per heavy atom. The molecule has 0 aliphatic carbocycles. The number of ether oxygens (including phenoxy) is 2. The maximum atomic E-state index is 12.9. The van der Waals surface area contributed by atoms with Crippen molar-refractivity contribution in [2.24, 2.45) is 0 Å². The number of hydrogen-bond acceptors (Lipinski definition) is 6. The summed E-state index contributed by atoms with van der Waals surface area (Å²) in [7, 11) is -2.65. The van der Waals surface area contributed by atoms with Gasteiger partial charge in [-0.25, -0.2) is 4.79 Å². The first-order valence-electron chi connectivity index (χ1n) is 12.6. The van der Waals surface area contributed by atoms with Gasteiger partial charge in [-0.1, -0.05) is 81.4 Å². The largest absolute Gasteiger partial charge is 0.460 e. The highest BCUT2D eigenvalue weighted by atomic mass is 28.4. The molecule has 190 valence electrons. The van der Waals surface area contributed by atoms with Crippen molar-refractivity contribution in [2.45, 2.75) is 38.3 Å². The first-order chi connectivity index (χ1) is 17.4. The molecule has 1 aromatic heterocycles. The van der Waals surface area contributed by atoms with Crippen molar-refractivity contribution in [3.05, 3.63) is 90.3 Å². The number of benzene rings is 2. The molecule has 2 heterocycles. The number of rotatable bonds is 9. The lowest BCUT2D eigenvalue weighted by Gasteiger charge is -2.43. The molecule has 0 amide bonds. The van der Waals surface area contributed by atoms with Crippen LogP contribution in [0.1, 0.15) is 36.8 Å². The SMILES string of the molecule is CC(C)(C)[Si](OCCc1ncccc1C(=O)OC[C@H]1COCCN1)(c1ccccc1)c1ccccc1. The van der Waals surface area contributed by atoms with Gasteiger partial charge in [0.05, 0.1) is 30.5 Å². The minimum Gasteiger partial charge on any atom is -0.460 e. The van der Waals surface area contributed by atoms with E-state index in [0.717, 1.165) is 6.54 Å². The minimum absolute atomic E-state index is 0.0151. The summed E-state index contributed by atoms with van der Waals surface area (Å²) in [6.45, 7) is 9.47. The van der Waals surface area contributed by atoms with Gasteiger partial charge in [-0.15, -0.1) is 0 Å². The molecule has 0 saturated carbocycles. The zero-order valence-electron chi connectivity index (χ0n) is 21.4. The second kappa shape index (κ2) is 11.9. The van der Waals surface area contributed by atoms with Crippen molar-refractivity contribution in [1.82, 2.24) is 10.3 Å². The first-order valence-corrected chi connectivity index (χ1v) is 14.5. The van der Waals surface area contributed by atoms with Crippen LogP contribution < -0.4 is 15.7 Å². The van der Waals surface area contributed by atoms with E-state index < -0.39 is 8.32 Å². The lowest BCUT2D eigenvalue weighted by atomic mass is 10.1. The average molecular weight is 505 g/mol. The summed E-state index contributed by atoms with van der Waals surface area (Å²) in [4.78, 5) is 17.4. The summed E-state index contributed by atoms with van der Waals surface area (Å²) in [5.74, 6) is -0.365. The Balaban J connectivity index is 1.53. The summed E-state index contributed by atoms with van der Waals surface area (Å²) in [5, 5.41) is 5.65. The number of morpholine rings is 1. The average Bonchev–Trinajstić information content (AvgIpc) is 2.91. The Morgan fingerprint density at radius 2 is 1.69 bits per heavy atom. The molecule has 1 fully saturated rings. The van der Waals surface area contributed by atoms with Crippen LogP contribution in [0.3, 0.4) is 0 Å². The Hall–Kier alpha value is -2.84. The van der Waals surface area contributed by atoms with Crippen LogP contribution in [0.4, 0.5) is 0 Å². The maximum absolute atomic E-state index is 12.9. The van der Waals surface area contributed by atoms with E-state index in [9.17, 15) is 4.79 Å². The topological polar surface area (TPSA) is 69.7 Å². The van der Waals surface area contributed by atoms with E-state index in [1.165, 1.54) is 10.4 Å². The molecule has 1 aliphatic heterocycles. The molecule has 36 heavy (non-hydrogen) atoms.